The summed E-state index contributed by atoms with van der Waals surface area (Å²) >= 11 is 0. The summed E-state index contributed by atoms with van der Waals surface area (Å²) < 4.78 is 39.3. The van der Waals surface area contributed by atoms with Crippen molar-refractivity contribution in [3.8, 4) is 0 Å². The minimum Gasteiger partial charge on any atom is -0.325 e. The molecule has 1 aliphatic carbocycles. The van der Waals surface area contributed by atoms with Crippen molar-refractivity contribution in [2.24, 2.45) is 5.92 Å². The number of halogens is 3. The Labute approximate surface area is 133 Å². The van der Waals surface area contributed by atoms with Crippen molar-refractivity contribution in [3.05, 3.63) is 29.1 Å². The van der Waals surface area contributed by atoms with Gasteiger partial charge in [-0.15, -0.1) is 0 Å². The van der Waals surface area contributed by atoms with Gasteiger partial charge in [-0.05, 0) is 49.1 Å². The van der Waals surface area contributed by atoms with Gasteiger partial charge in [0.15, 0.2) is 0 Å². The zero-order valence-electron chi connectivity index (χ0n) is 13.1. The molecule has 3 N–H and O–H groups in total. The molecular weight excluding hydrogens is 307 g/mol. The lowest BCUT2D eigenvalue weighted by atomic mass is 9.98. The Morgan fingerprint density at radius 1 is 1.43 bits per heavy atom. The number of amides is 1. The normalized spacial score (nSPS) is 17.9. The maximum atomic E-state index is 13.8. The summed E-state index contributed by atoms with van der Waals surface area (Å²) in [5, 5.41) is 12.7. The minimum atomic E-state index is -2.99. The number of nitrogens with one attached hydrogen (secondary N) is 3. The molecule has 1 aromatic carbocycles. The lowest BCUT2D eigenvalue weighted by Gasteiger charge is -2.19. The third kappa shape index (κ3) is 3.55. The van der Waals surface area contributed by atoms with Crippen molar-refractivity contribution in [3.63, 3.8) is 0 Å². The summed E-state index contributed by atoms with van der Waals surface area (Å²) in [5.41, 5.74) is 0.817. The zero-order chi connectivity index (χ0) is 17.1. The molecule has 0 bridgehead atoms. The van der Waals surface area contributed by atoms with Crippen molar-refractivity contribution in [2.75, 3.05) is 18.9 Å². The molecule has 7 heteroatoms. The molecule has 0 fully saturated rings. The van der Waals surface area contributed by atoms with E-state index in [0.717, 1.165) is 12.0 Å². The predicted octanol–water partition coefficient (Wildman–Crippen LogP) is 2.93. The lowest BCUT2D eigenvalue weighted by Crippen LogP contribution is -2.39. The van der Waals surface area contributed by atoms with Crippen molar-refractivity contribution >= 4 is 17.3 Å². The van der Waals surface area contributed by atoms with Crippen molar-refractivity contribution in [2.45, 2.75) is 32.1 Å². The van der Waals surface area contributed by atoms with E-state index >= 15 is 0 Å². The lowest BCUT2D eigenvalue weighted by molar-refractivity contribution is -0.118. The Morgan fingerprint density at radius 2 is 2.13 bits per heavy atom. The molecule has 126 valence electrons. The molecule has 4 nitrogen and oxygen atoms in total. The highest BCUT2D eigenvalue weighted by atomic mass is 19.3. The summed E-state index contributed by atoms with van der Waals surface area (Å²) in [6.07, 6.45) is -1.61. The highest BCUT2D eigenvalue weighted by Gasteiger charge is 2.31. The quantitative estimate of drug-likeness (QED) is 0.703. The van der Waals surface area contributed by atoms with Crippen molar-refractivity contribution < 1.29 is 18.0 Å². The number of fused-ring (bicyclic) bond motifs is 1. The number of alkyl halides is 2. The van der Waals surface area contributed by atoms with Gasteiger partial charge in [0.2, 0.25) is 5.91 Å². The van der Waals surface area contributed by atoms with E-state index < -0.39 is 24.0 Å². The predicted molar refractivity (Wildman–Crippen MR) is 82.9 cm³/mol. The third-order valence-electron chi connectivity index (χ3n) is 4.21. The van der Waals surface area contributed by atoms with Gasteiger partial charge >= 0.3 is 0 Å². The van der Waals surface area contributed by atoms with Crippen LogP contribution in [0.2, 0.25) is 0 Å². The van der Waals surface area contributed by atoms with E-state index in [1.54, 1.807) is 0 Å². The second-order valence-corrected chi connectivity index (χ2v) is 5.78. The van der Waals surface area contributed by atoms with Gasteiger partial charge < -0.3 is 16.0 Å². The summed E-state index contributed by atoms with van der Waals surface area (Å²) in [6.45, 7) is 1.88. The summed E-state index contributed by atoms with van der Waals surface area (Å²) in [5.74, 6) is -2.17. The first-order valence-electron chi connectivity index (χ1n) is 7.50. The molecular formula is C16H20F3N3O. The van der Waals surface area contributed by atoms with Gasteiger partial charge in [0.05, 0.1) is 11.6 Å². The molecule has 2 rings (SSSR count). The van der Waals surface area contributed by atoms with E-state index in [1.807, 2.05) is 6.92 Å². The number of benzene rings is 1. The third-order valence-corrected chi connectivity index (χ3v) is 4.21. The van der Waals surface area contributed by atoms with Gasteiger partial charge in [-0.3, -0.25) is 4.79 Å². The second kappa shape index (κ2) is 7.12. The largest absolute Gasteiger partial charge is 0.325 e. The van der Waals surface area contributed by atoms with E-state index in [4.69, 9.17) is 5.41 Å². The number of hydrogen-bond acceptors (Lipinski definition) is 3. The van der Waals surface area contributed by atoms with Crippen LogP contribution in [0.4, 0.5) is 18.9 Å². The van der Waals surface area contributed by atoms with Gasteiger partial charge in [0.25, 0.3) is 6.43 Å². The average molecular weight is 327 g/mol. The first-order valence-corrected chi connectivity index (χ1v) is 7.50. The Kier molecular flexibility index (Phi) is 5.41. The molecule has 23 heavy (non-hydrogen) atoms. The fraction of sp³-hybridized carbons (Fsp3) is 0.500. The van der Waals surface area contributed by atoms with Crippen LogP contribution in [-0.4, -0.2) is 31.6 Å². The van der Waals surface area contributed by atoms with Gasteiger partial charge in [0.1, 0.15) is 5.82 Å². The maximum absolute atomic E-state index is 13.8. The van der Waals surface area contributed by atoms with E-state index in [0.29, 0.717) is 17.7 Å². The Hall–Kier alpha value is -1.89. The highest BCUT2D eigenvalue weighted by Crippen LogP contribution is 2.39. The molecule has 1 aromatic rings. The van der Waals surface area contributed by atoms with Crippen LogP contribution in [0.5, 0.6) is 0 Å². The van der Waals surface area contributed by atoms with E-state index in [-0.39, 0.29) is 18.3 Å². The smallest absolute Gasteiger partial charge is 0.276 e. The molecule has 0 aliphatic heterocycles. The van der Waals surface area contributed by atoms with Crippen LogP contribution in [0.3, 0.4) is 0 Å². The van der Waals surface area contributed by atoms with Gasteiger partial charge in [-0.2, -0.15) is 0 Å². The molecule has 0 radical (unpaired) electrons. The number of carbonyl (C=O) groups excluding carboxylic acids is 1. The van der Waals surface area contributed by atoms with Crippen LogP contribution in [0, 0.1) is 17.1 Å². The number of rotatable bonds is 6. The molecule has 0 heterocycles. The topological polar surface area (TPSA) is 65.0 Å². The van der Waals surface area contributed by atoms with E-state index in [2.05, 4.69) is 10.6 Å². The van der Waals surface area contributed by atoms with Crippen LogP contribution in [0.1, 0.15) is 30.4 Å². The summed E-state index contributed by atoms with van der Waals surface area (Å²) in [6, 6.07) is 2.73. The Balaban J connectivity index is 2.26. The Morgan fingerprint density at radius 3 is 2.74 bits per heavy atom. The van der Waals surface area contributed by atoms with Gasteiger partial charge in [0, 0.05) is 12.2 Å². The van der Waals surface area contributed by atoms with Crippen LogP contribution in [0.15, 0.2) is 12.1 Å². The first kappa shape index (κ1) is 17.5. The molecule has 0 spiro atoms. The number of anilines is 1. The van der Waals surface area contributed by atoms with Crippen LogP contribution < -0.4 is 10.6 Å². The molecule has 0 saturated carbocycles. The molecule has 1 aliphatic rings. The number of carbonyl (C=O) groups is 1. The van der Waals surface area contributed by atoms with Crippen molar-refractivity contribution in [1.29, 1.82) is 5.41 Å². The fourth-order valence-corrected chi connectivity index (χ4v) is 2.99. The first-order chi connectivity index (χ1) is 10.9. The van der Waals surface area contributed by atoms with Crippen molar-refractivity contribution in [1.82, 2.24) is 5.32 Å². The van der Waals surface area contributed by atoms with Crippen LogP contribution >= 0.6 is 0 Å². The van der Waals surface area contributed by atoms with E-state index in [1.165, 1.54) is 19.2 Å². The molecule has 1 amide bonds. The number of hydrogen-bond donors (Lipinski definition) is 3. The van der Waals surface area contributed by atoms with E-state index in [9.17, 15) is 18.0 Å². The van der Waals surface area contributed by atoms with Crippen LogP contribution in [-0.2, 0) is 11.2 Å². The molecule has 0 saturated heterocycles. The monoisotopic (exact) mass is 327 g/mol. The molecule has 2 atom stereocenters. The minimum absolute atomic E-state index is 0.0616. The highest BCUT2D eigenvalue weighted by molar-refractivity contribution is 6.09. The molecule has 0 aromatic heterocycles. The second-order valence-electron chi connectivity index (χ2n) is 5.78. The summed E-state index contributed by atoms with van der Waals surface area (Å²) in [7, 11) is 1.52. The SMILES string of the molecule is CNCC(C(=N)C(F)F)C(=O)Nc1ccc(F)c2c1C(C)CC2. The standard InChI is InChI=1S/C16H20F3N3O/c1-8-3-4-9-11(17)5-6-12(13(8)9)22-16(23)10(7-21-2)14(20)15(18)19/h5-6,8,10,15,20-21H,3-4,7H2,1-2H3,(H,22,23). The fourth-order valence-electron chi connectivity index (χ4n) is 2.99. The summed E-state index contributed by atoms with van der Waals surface area (Å²) in [4.78, 5) is 12.3. The van der Waals surface area contributed by atoms with Crippen LogP contribution in [0.25, 0.3) is 0 Å². The molecule has 2 unspecified atom stereocenters. The van der Waals surface area contributed by atoms with Gasteiger partial charge in [-0.1, -0.05) is 6.92 Å². The zero-order valence-corrected chi connectivity index (χ0v) is 13.1. The maximum Gasteiger partial charge on any atom is 0.276 e. The van der Waals surface area contributed by atoms with Gasteiger partial charge in [-0.25, -0.2) is 13.2 Å². The Bertz CT molecular complexity index is 619. The average Bonchev–Trinajstić information content (AvgIpc) is 2.90.